The number of unbranched alkanes of at least 4 members (excludes halogenated alkanes) is 1. The van der Waals surface area contributed by atoms with Crippen LogP contribution in [0.3, 0.4) is 0 Å². The van der Waals surface area contributed by atoms with E-state index in [1.54, 1.807) is 13.0 Å². The number of nitrogens with one attached hydrogen (secondary N) is 1. The molecular formula is C13H18N2O3. The molecule has 1 aromatic carbocycles. The topological polar surface area (TPSA) is 92.4 Å². The van der Waals surface area contributed by atoms with Crippen molar-refractivity contribution in [2.75, 3.05) is 11.9 Å². The zero-order chi connectivity index (χ0) is 13.5. The fourth-order valence-corrected chi connectivity index (χ4v) is 1.58. The summed E-state index contributed by atoms with van der Waals surface area (Å²) in [5.74, 6) is -1.05. The number of amides is 1. The second-order valence-corrected chi connectivity index (χ2v) is 4.13. The number of carboxylic acid groups (broad SMARTS) is 1. The highest BCUT2D eigenvalue weighted by Crippen LogP contribution is 2.17. The molecule has 0 unspecified atom stereocenters. The second kappa shape index (κ2) is 6.76. The smallest absolute Gasteiger partial charge is 0.335 e. The average molecular weight is 250 g/mol. The Labute approximate surface area is 106 Å². The predicted octanol–water partition coefficient (Wildman–Crippen LogP) is 1.76. The Kier molecular flexibility index (Phi) is 5.32. The maximum absolute atomic E-state index is 11.6. The van der Waals surface area contributed by atoms with Gasteiger partial charge in [0.05, 0.1) is 5.56 Å². The zero-order valence-corrected chi connectivity index (χ0v) is 10.4. The normalized spacial score (nSPS) is 10.1. The van der Waals surface area contributed by atoms with Crippen LogP contribution in [-0.2, 0) is 4.79 Å². The molecule has 0 aliphatic rings. The second-order valence-electron chi connectivity index (χ2n) is 4.13. The van der Waals surface area contributed by atoms with E-state index in [0.29, 0.717) is 18.7 Å². The Morgan fingerprint density at radius 2 is 2.06 bits per heavy atom. The minimum atomic E-state index is -0.973. The minimum Gasteiger partial charge on any atom is -0.478 e. The molecule has 1 rings (SSSR count). The lowest BCUT2D eigenvalue weighted by molar-refractivity contribution is -0.116. The van der Waals surface area contributed by atoms with Crippen molar-refractivity contribution in [2.24, 2.45) is 5.73 Å². The van der Waals surface area contributed by atoms with Gasteiger partial charge in [-0.1, -0.05) is 0 Å². The molecule has 0 atom stereocenters. The van der Waals surface area contributed by atoms with Gasteiger partial charge in [-0.25, -0.2) is 4.79 Å². The van der Waals surface area contributed by atoms with Gasteiger partial charge in [0.1, 0.15) is 0 Å². The van der Waals surface area contributed by atoms with Gasteiger partial charge < -0.3 is 16.2 Å². The third-order valence-corrected chi connectivity index (χ3v) is 2.61. The molecule has 0 aliphatic carbocycles. The Hall–Kier alpha value is -1.88. The first-order valence-electron chi connectivity index (χ1n) is 5.88. The number of hydrogen-bond donors (Lipinski definition) is 3. The van der Waals surface area contributed by atoms with E-state index in [0.717, 1.165) is 18.4 Å². The number of nitrogens with two attached hydrogens (primary N) is 1. The van der Waals surface area contributed by atoms with Gasteiger partial charge in [0.15, 0.2) is 0 Å². The number of rotatable bonds is 6. The summed E-state index contributed by atoms with van der Waals surface area (Å²) in [7, 11) is 0. The largest absolute Gasteiger partial charge is 0.478 e. The van der Waals surface area contributed by atoms with E-state index < -0.39 is 5.97 Å². The Morgan fingerprint density at radius 3 is 2.61 bits per heavy atom. The number of carbonyl (C=O) groups excluding carboxylic acids is 1. The molecule has 0 fully saturated rings. The molecule has 5 nitrogen and oxygen atoms in total. The van der Waals surface area contributed by atoms with Crippen LogP contribution in [0.15, 0.2) is 18.2 Å². The molecule has 0 saturated carbocycles. The first-order chi connectivity index (χ1) is 8.54. The van der Waals surface area contributed by atoms with Gasteiger partial charge in [-0.15, -0.1) is 0 Å². The number of anilines is 1. The molecule has 18 heavy (non-hydrogen) atoms. The van der Waals surface area contributed by atoms with Crippen LogP contribution in [0.4, 0.5) is 5.69 Å². The number of carboxylic acids is 1. The predicted molar refractivity (Wildman–Crippen MR) is 69.7 cm³/mol. The molecule has 0 bridgehead atoms. The number of hydrogen-bond acceptors (Lipinski definition) is 3. The van der Waals surface area contributed by atoms with Crippen LogP contribution in [0.2, 0.25) is 0 Å². The van der Waals surface area contributed by atoms with Crippen molar-refractivity contribution in [3.05, 3.63) is 29.3 Å². The van der Waals surface area contributed by atoms with E-state index in [9.17, 15) is 9.59 Å². The highest BCUT2D eigenvalue weighted by molar-refractivity contribution is 5.93. The first kappa shape index (κ1) is 14.2. The SMILES string of the molecule is Cc1cc(C(=O)O)ccc1NC(=O)CCCCN. The number of aryl methyl sites for hydroxylation is 1. The molecular weight excluding hydrogens is 232 g/mol. The Morgan fingerprint density at radius 1 is 1.33 bits per heavy atom. The lowest BCUT2D eigenvalue weighted by atomic mass is 10.1. The van der Waals surface area contributed by atoms with Crippen molar-refractivity contribution in [3.8, 4) is 0 Å². The van der Waals surface area contributed by atoms with E-state index in [2.05, 4.69) is 5.32 Å². The van der Waals surface area contributed by atoms with E-state index >= 15 is 0 Å². The lowest BCUT2D eigenvalue weighted by Crippen LogP contribution is -2.13. The maximum atomic E-state index is 11.6. The summed E-state index contributed by atoms with van der Waals surface area (Å²) in [6.07, 6.45) is 2.01. The van der Waals surface area contributed by atoms with Crippen molar-refractivity contribution in [1.82, 2.24) is 0 Å². The van der Waals surface area contributed by atoms with Crippen LogP contribution in [0.5, 0.6) is 0 Å². The van der Waals surface area contributed by atoms with E-state index in [1.807, 2.05) is 0 Å². The van der Waals surface area contributed by atoms with Gasteiger partial charge in [-0.05, 0) is 50.1 Å². The summed E-state index contributed by atoms with van der Waals surface area (Å²) in [4.78, 5) is 22.4. The fourth-order valence-electron chi connectivity index (χ4n) is 1.58. The highest BCUT2D eigenvalue weighted by atomic mass is 16.4. The molecule has 1 aromatic rings. The van der Waals surface area contributed by atoms with E-state index in [1.165, 1.54) is 12.1 Å². The fraction of sp³-hybridized carbons (Fsp3) is 0.385. The van der Waals surface area contributed by atoms with Crippen molar-refractivity contribution in [2.45, 2.75) is 26.2 Å². The summed E-state index contributed by atoms with van der Waals surface area (Å²) >= 11 is 0. The molecule has 1 amide bonds. The van der Waals surface area contributed by atoms with Crippen LogP contribution < -0.4 is 11.1 Å². The minimum absolute atomic E-state index is 0.0744. The number of aromatic carboxylic acids is 1. The molecule has 0 heterocycles. The van der Waals surface area contributed by atoms with Crippen molar-refractivity contribution < 1.29 is 14.7 Å². The summed E-state index contributed by atoms with van der Waals surface area (Å²) < 4.78 is 0. The van der Waals surface area contributed by atoms with Crippen molar-refractivity contribution in [1.29, 1.82) is 0 Å². The molecule has 4 N–H and O–H groups in total. The number of benzene rings is 1. The molecule has 98 valence electrons. The summed E-state index contributed by atoms with van der Waals surface area (Å²) in [5, 5.41) is 11.6. The Bertz CT molecular complexity index is 444. The van der Waals surface area contributed by atoms with Crippen LogP contribution in [0.25, 0.3) is 0 Å². The van der Waals surface area contributed by atoms with Gasteiger partial charge in [-0.3, -0.25) is 4.79 Å². The molecule has 0 spiro atoms. The standard InChI is InChI=1S/C13H18N2O3/c1-9-8-10(13(17)18)5-6-11(9)15-12(16)4-2-3-7-14/h5-6,8H,2-4,7,14H2,1H3,(H,15,16)(H,17,18). The molecule has 0 aromatic heterocycles. The number of carbonyl (C=O) groups is 2. The lowest BCUT2D eigenvalue weighted by Gasteiger charge is -2.09. The van der Waals surface area contributed by atoms with Gasteiger partial charge >= 0.3 is 5.97 Å². The van der Waals surface area contributed by atoms with Crippen LogP contribution in [0.1, 0.15) is 35.2 Å². The average Bonchev–Trinajstić information content (AvgIpc) is 2.32. The highest BCUT2D eigenvalue weighted by Gasteiger charge is 2.08. The van der Waals surface area contributed by atoms with Crippen LogP contribution in [-0.4, -0.2) is 23.5 Å². The van der Waals surface area contributed by atoms with E-state index in [-0.39, 0.29) is 11.5 Å². The molecule has 0 aliphatic heterocycles. The van der Waals surface area contributed by atoms with Gasteiger partial charge in [0.25, 0.3) is 0 Å². The van der Waals surface area contributed by atoms with E-state index in [4.69, 9.17) is 10.8 Å². The summed E-state index contributed by atoms with van der Waals surface area (Å²) in [5.41, 5.74) is 6.95. The maximum Gasteiger partial charge on any atom is 0.335 e. The van der Waals surface area contributed by atoms with Gasteiger partial charge in [-0.2, -0.15) is 0 Å². The first-order valence-corrected chi connectivity index (χ1v) is 5.88. The van der Waals surface area contributed by atoms with Crippen LogP contribution >= 0.6 is 0 Å². The van der Waals surface area contributed by atoms with Gasteiger partial charge in [0.2, 0.25) is 5.91 Å². The van der Waals surface area contributed by atoms with Crippen molar-refractivity contribution >= 4 is 17.6 Å². The summed E-state index contributed by atoms with van der Waals surface area (Å²) in [6, 6.07) is 4.63. The Balaban J connectivity index is 2.62. The third-order valence-electron chi connectivity index (χ3n) is 2.61. The summed E-state index contributed by atoms with van der Waals surface area (Å²) in [6.45, 7) is 2.35. The van der Waals surface area contributed by atoms with Crippen molar-refractivity contribution in [3.63, 3.8) is 0 Å². The molecule has 0 saturated heterocycles. The third kappa shape index (κ3) is 4.18. The monoisotopic (exact) mass is 250 g/mol. The quantitative estimate of drug-likeness (QED) is 0.671. The molecule has 0 radical (unpaired) electrons. The van der Waals surface area contributed by atoms with Gasteiger partial charge in [0, 0.05) is 12.1 Å². The zero-order valence-electron chi connectivity index (χ0n) is 10.4. The molecule has 5 heteroatoms. The van der Waals surface area contributed by atoms with Crippen LogP contribution in [0, 0.1) is 6.92 Å².